The Hall–Kier alpha value is -4.26. The largest absolute Gasteiger partial charge is 0.467 e. The average molecular weight is 1370 g/mol. The van der Waals surface area contributed by atoms with E-state index in [-0.39, 0.29) is 125 Å². The molecule has 12 atom stereocenters. The van der Waals surface area contributed by atoms with Crippen LogP contribution < -0.4 is 31.9 Å². The Bertz CT molecular complexity index is 2360. The SMILES string of the molecule is COC(=O)C1CSSC[C@@H](C(=O)OC)NC(=O)C23CC4CC(CC(C4)(C2)C(=O)NC(C(=O)OC)CSSC[C@@H](C(=O)OC)NC(=O)C24CC5CC(C2)CC(C5)(C4)C(=O)N[C@H](C(=O)OC)CSSC[C@@H](C(=O)OC)NC(=O)C24CC5CC(CC(C5)(C2)C(=O)N1)C4)C3. The second kappa shape index (κ2) is 28.0. The summed E-state index contributed by atoms with van der Waals surface area (Å²) in [6, 6.07) is -6.74. The van der Waals surface area contributed by atoms with Crippen LogP contribution in [0, 0.1) is 68.0 Å². The smallest absolute Gasteiger partial charge is 0.329 e. The molecule has 0 aromatic heterocycles. The zero-order valence-corrected chi connectivity index (χ0v) is 56.6. The molecule has 6 amide bonds. The fourth-order valence-electron chi connectivity index (χ4n) is 18.8. The summed E-state index contributed by atoms with van der Waals surface area (Å²) in [6.07, 6.45) is 9.05. The number of carbonyl (C=O) groups is 12. The van der Waals surface area contributed by atoms with Crippen molar-refractivity contribution in [2.24, 2.45) is 68.0 Å². The van der Waals surface area contributed by atoms with E-state index in [9.17, 15) is 57.5 Å². The fraction of sp³-hybridized carbons (Fsp3) is 0.800. The maximum atomic E-state index is 14.8. The molecule has 6 N–H and O–H groups in total. The molecule has 13 fully saturated rings. The Labute approximate surface area is 547 Å². The van der Waals surface area contributed by atoms with Gasteiger partial charge in [0.25, 0.3) is 0 Å². The molecular formula is C60H84N6O18S6. The second-order valence-electron chi connectivity index (χ2n) is 27.6. The maximum absolute atomic E-state index is 14.8. The first-order valence-electron chi connectivity index (χ1n) is 31.0. The Morgan fingerprint density at radius 1 is 0.278 bits per heavy atom. The van der Waals surface area contributed by atoms with E-state index in [4.69, 9.17) is 28.4 Å². The third kappa shape index (κ3) is 13.9. The van der Waals surface area contributed by atoms with Crippen molar-refractivity contribution in [2.45, 2.75) is 152 Å². The molecule has 0 aromatic rings. The number of esters is 6. The van der Waals surface area contributed by atoms with Crippen LogP contribution in [-0.2, 0) is 86.0 Å². The van der Waals surface area contributed by atoms with E-state index in [0.29, 0.717) is 77.0 Å². The van der Waals surface area contributed by atoms with Gasteiger partial charge in [0.2, 0.25) is 35.4 Å². The summed E-state index contributed by atoms with van der Waals surface area (Å²) in [5.41, 5.74) is -6.04. The molecule has 1 aliphatic heterocycles. The van der Waals surface area contributed by atoms with E-state index < -0.39 is 105 Å². The molecule has 1 heterocycles. The Kier molecular flexibility index (Phi) is 21.3. The molecule has 12 bridgehead atoms. The molecule has 498 valence electrons. The number of ether oxygens (including phenoxy) is 6. The third-order valence-electron chi connectivity index (χ3n) is 21.5. The number of methoxy groups -OCH3 is 6. The lowest BCUT2D eigenvalue weighted by molar-refractivity contribution is -0.170. The Morgan fingerprint density at radius 2 is 0.411 bits per heavy atom. The van der Waals surface area contributed by atoms with Gasteiger partial charge in [0, 0.05) is 34.5 Å². The van der Waals surface area contributed by atoms with Crippen LogP contribution in [0.2, 0.25) is 0 Å². The summed E-state index contributed by atoms with van der Waals surface area (Å²) < 4.78 is 31.0. The van der Waals surface area contributed by atoms with Gasteiger partial charge in [0.15, 0.2) is 0 Å². The van der Waals surface area contributed by atoms with Gasteiger partial charge in [-0.05, 0) is 151 Å². The van der Waals surface area contributed by atoms with Gasteiger partial charge in [-0.1, -0.05) is 64.8 Å². The first-order valence-corrected chi connectivity index (χ1v) is 38.4. The van der Waals surface area contributed by atoms with E-state index in [1.807, 2.05) is 0 Å². The highest BCUT2D eigenvalue weighted by Crippen LogP contribution is 2.68. The van der Waals surface area contributed by atoms with E-state index in [1.165, 1.54) is 107 Å². The topological polar surface area (TPSA) is 332 Å². The quantitative estimate of drug-likeness (QED) is 0.125. The molecule has 6 spiro atoms. The van der Waals surface area contributed by atoms with Crippen LogP contribution in [-0.4, -0.2) is 185 Å². The predicted molar refractivity (Wildman–Crippen MR) is 337 cm³/mol. The standard InChI is InChI=1S/C60H84N6O18S6/c1-79-43(67)37-22-85-86-23-38(44(68)80-2)62-51(75)57-14-33-8-34(15-57)17-58(16-33,29-57)52(76)64-41(47(71)83-5)26-89-90-27-42(48(72)84-6)66-54(78)60-20-35-9-36(21-60)19-59(18-35,30-60)53(77)65-40(46(70)82-4)25-88-87-24-39(45(69)81-3)63-50(74)56-12-31-7-32(13-56)11-55(10-31,28-56)49(73)61-37/h31-42H,7-30H2,1-6H3,(H,61,73)(H,62,75)(H,63,74)(H,64,76)(H,65,77)(H,66,78)/t31?,32?,33?,34?,35?,36?,37-,38-,39-,40?,41?,42-,55?,56?,57?,58?,59?,60?/m0/s1. The van der Waals surface area contributed by atoms with Gasteiger partial charge in [-0.3, -0.25) is 28.8 Å². The third-order valence-corrected chi connectivity index (χ3v) is 28.7. The zero-order chi connectivity index (χ0) is 64.6. The molecule has 12 saturated carbocycles. The molecular weight excluding hydrogens is 1290 g/mol. The van der Waals surface area contributed by atoms with Crippen molar-refractivity contribution in [3.8, 4) is 0 Å². The van der Waals surface area contributed by atoms with Crippen LogP contribution in [0.5, 0.6) is 0 Å². The number of rotatable bonds is 6. The number of carbonyl (C=O) groups excluding carboxylic acids is 12. The molecule has 0 radical (unpaired) electrons. The lowest BCUT2D eigenvalue weighted by atomic mass is 9.43. The van der Waals surface area contributed by atoms with Crippen LogP contribution in [0.15, 0.2) is 0 Å². The normalized spacial score (nSPS) is 40.9. The second-order valence-corrected chi connectivity index (χ2v) is 35.2. The summed E-state index contributed by atoms with van der Waals surface area (Å²) in [7, 11) is 14.5. The van der Waals surface area contributed by atoms with Gasteiger partial charge < -0.3 is 60.3 Å². The summed E-state index contributed by atoms with van der Waals surface area (Å²) in [5, 5.41) is 17.8. The Morgan fingerprint density at radius 3 is 0.533 bits per heavy atom. The van der Waals surface area contributed by atoms with Gasteiger partial charge in [0.1, 0.15) is 36.3 Å². The van der Waals surface area contributed by atoms with Crippen LogP contribution in [0.4, 0.5) is 0 Å². The summed E-state index contributed by atoms with van der Waals surface area (Å²) in [5.74, 6) is -6.25. The van der Waals surface area contributed by atoms with Gasteiger partial charge in [-0.15, -0.1) is 0 Å². The predicted octanol–water partition coefficient (Wildman–Crippen LogP) is 3.85. The highest BCUT2D eigenvalue weighted by atomic mass is 33.1. The van der Waals surface area contributed by atoms with Gasteiger partial charge >= 0.3 is 35.8 Å². The van der Waals surface area contributed by atoms with E-state index in [1.54, 1.807) is 0 Å². The van der Waals surface area contributed by atoms with E-state index in [0.717, 1.165) is 19.3 Å². The molecule has 0 aromatic carbocycles. The number of hydrogen-bond acceptors (Lipinski definition) is 24. The number of amides is 6. The molecule has 13 aliphatic rings. The minimum Gasteiger partial charge on any atom is -0.467 e. The first-order chi connectivity index (χ1) is 42.9. The minimum atomic E-state index is -1.12. The van der Waals surface area contributed by atoms with Crippen molar-refractivity contribution in [1.82, 2.24) is 31.9 Å². The monoisotopic (exact) mass is 1370 g/mol. The molecule has 12 aliphatic carbocycles. The summed E-state index contributed by atoms with van der Waals surface area (Å²) >= 11 is 0. The van der Waals surface area contributed by atoms with E-state index in [2.05, 4.69) is 31.9 Å². The van der Waals surface area contributed by atoms with Crippen molar-refractivity contribution < 1.29 is 86.0 Å². The Balaban J connectivity index is 0.896. The molecule has 8 unspecified atom stereocenters. The molecule has 1 saturated heterocycles. The maximum Gasteiger partial charge on any atom is 0.329 e. The molecule has 13 rings (SSSR count). The van der Waals surface area contributed by atoms with E-state index >= 15 is 0 Å². The highest BCUT2D eigenvalue weighted by molar-refractivity contribution is 8.77. The van der Waals surface area contributed by atoms with Gasteiger partial charge in [-0.25, -0.2) is 28.8 Å². The van der Waals surface area contributed by atoms with Crippen molar-refractivity contribution >= 4 is 136 Å². The highest BCUT2D eigenvalue weighted by Gasteiger charge is 2.67. The van der Waals surface area contributed by atoms with Crippen LogP contribution in [0.1, 0.15) is 116 Å². The number of nitrogens with one attached hydrogen (secondary N) is 6. The van der Waals surface area contributed by atoms with Crippen molar-refractivity contribution in [1.29, 1.82) is 0 Å². The first kappa shape index (κ1) is 68.6. The van der Waals surface area contributed by atoms with Gasteiger partial charge in [0.05, 0.1) is 75.1 Å². The van der Waals surface area contributed by atoms with Crippen molar-refractivity contribution in [3.63, 3.8) is 0 Å². The number of hydrogen-bond donors (Lipinski definition) is 6. The molecule has 30 heteroatoms. The fourth-order valence-corrected chi connectivity index (χ4v) is 25.7. The summed E-state index contributed by atoms with van der Waals surface area (Å²) in [6.45, 7) is 0. The van der Waals surface area contributed by atoms with Crippen LogP contribution >= 0.6 is 64.8 Å². The average Bonchev–Trinajstić information content (AvgIpc) is 0.732. The van der Waals surface area contributed by atoms with Gasteiger partial charge in [-0.2, -0.15) is 0 Å². The minimum absolute atomic E-state index is 0.0183. The lowest BCUT2D eigenvalue weighted by Gasteiger charge is -2.60. The lowest BCUT2D eigenvalue weighted by Crippen LogP contribution is -2.63. The van der Waals surface area contributed by atoms with Crippen LogP contribution in [0.25, 0.3) is 0 Å². The van der Waals surface area contributed by atoms with Crippen LogP contribution in [0.3, 0.4) is 0 Å². The molecule has 90 heavy (non-hydrogen) atoms. The molecule has 24 nitrogen and oxygen atoms in total. The van der Waals surface area contributed by atoms with Crippen molar-refractivity contribution in [2.75, 3.05) is 77.2 Å². The zero-order valence-electron chi connectivity index (χ0n) is 51.7. The van der Waals surface area contributed by atoms with Crippen molar-refractivity contribution in [3.05, 3.63) is 0 Å². The summed E-state index contributed by atoms with van der Waals surface area (Å²) in [4.78, 5) is 169.